The first-order chi connectivity index (χ1) is 17.4. The monoisotopic (exact) mass is 485 g/mol. The highest BCUT2D eigenvalue weighted by molar-refractivity contribution is 5.94. The van der Waals surface area contributed by atoms with E-state index in [0.29, 0.717) is 5.56 Å². The number of hydrogen-bond acceptors (Lipinski definition) is 3. The molecule has 3 rings (SSSR count). The van der Waals surface area contributed by atoms with Gasteiger partial charge in [0.05, 0.1) is 6.42 Å². The number of carbonyl (C=O) groups excluding carboxylic acids is 1. The van der Waals surface area contributed by atoms with E-state index in [1.54, 1.807) is 12.1 Å². The number of nitrogens with one attached hydrogen (secondary N) is 1. The molecule has 0 radical (unpaired) electrons. The normalized spacial score (nSPS) is 11.5. The molecule has 5 heteroatoms. The molecule has 36 heavy (non-hydrogen) atoms. The Balaban J connectivity index is 1.69. The molecule has 0 aliphatic heterocycles. The largest absolute Gasteiger partial charge is 0.486 e. The summed E-state index contributed by atoms with van der Waals surface area (Å²) in [7, 11) is 0. The van der Waals surface area contributed by atoms with Gasteiger partial charge in [-0.2, -0.15) is 0 Å². The lowest BCUT2D eigenvalue weighted by molar-refractivity contribution is -0.136. The minimum absolute atomic E-state index is 0.101. The van der Waals surface area contributed by atoms with E-state index in [0.717, 1.165) is 59.3 Å². The van der Waals surface area contributed by atoms with Crippen LogP contribution in [0.1, 0.15) is 73.5 Å². The first-order valence-corrected chi connectivity index (χ1v) is 12.5. The number of carbonyl (C=O) groups is 2. The molecule has 2 N–H and O–H groups in total. The Kier molecular flexibility index (Phi) is 9.87. The highest BCUT2D eigenvalue weighted by Crippen LogP contribution is 2.30. The van der Waals surface area contributed by atoms with Crippen molar-refractivity contribution >= 4 is 17.4 Å². The van der Waals surface area contributed by atoms with Gasteiger partial charge in [-0.1, -0.05) is 80.4 Å². The van der Waals surface area contributed by atoms with Crippen LogP contribution in [0.4, 0.5) is 0 Å². The van der Waals surface area contributed by atoms with Gasteiger partial charge in [0, 0.05) is 12.1 Å². The zero-order valence-electron chi connectivity index (χ0n) is 21.1. The molecule has 0 aromatic heterocycles. The van der Waals surface area contributed by atoms with Gasteiger partial charge in [-0.25, -0.2) is 0 Å². The van der Waals surface area contributed by atoms with Crippen LogP contribution in [0, 0.1) is 0 Å². The highest BCUT2D eigenvalue weighted by Gasteiger charge is 2.15. The average molecular weight is 486 g/mol. The zero-order valence-corrected chi connectivity index (χ0v) is 21.1. The predicted molar refractivity (Wildman–Crippen MR) is 145 cm³/mol. The van der Waals surface area contributed by atoms with E-state index in [9.17, 15) is 9.59 Å². The summed E-state index contributed by atoms with van der Waals surface area (Å²) in [5.41, 5.74) is 5.95. The van der Waals surface area contributed by atoms with E-state index < -0.39 is 5.97 Å². The predicted octanol–water partition coefficient (Wildman–Crippen LogP) is 7.29. The number of benzene rings is 3. The molecule has 0 saturated carbocycles. The third-order valence-corrected chi connectivity index (χ3v) is 6.08. The van der Waals surface area contributed by atoms with Crippen LogP contribution in [0.5, 0.6) is 5.75 Å². The summed E-state index contributed by atoms with van der Waals surface area (Å²) in [4.78, 5) is 22.9. The summed E-state index contributed by atoms with van der Waals surface area (Å²) < 4.78 is 6.40. The van der Waals surface area contributed by atoms with Gasteiger partial charge in [0.2, 0.25) is 0 Å². The van der Waals surface area contributed by atoms with Gasteiger partial charge in [0.25, 0.3) is 5.91 Å². The molecule has 0 saturated heterocycles. The summed E-state index contributed by atoms with van der Waals surface area (Å²) >= 11 is 0. The molecule has 3 aromatic rings. The molecule has 0 heterocycles. The van der Waals surface area contributed by atoms with Crippen LogP contribution < -0.4 is 10.1 Å². The summed E-state index contributed by atoms with van der Waals surface area (Å²) in [6, 6.07) is 23.9. The minimum Gasteiger partial charge on any atom is -0.486 e. The Labute approximate surface area is 213 Å². The summed E-state index contributed by atoms with van der Waals surface area (Å²) in [6.07, 6.45) is 3.95. The summed E-state index contributed by atoms with van der Waals surface area (Å²) in [5, 5.41) is 11.4. The van der Waals surface area contributed by atoms with Gasteiger partial charge < -0.3 is 15.2 Å². The molecule has 0 aliphatic carbocycles. The van der Waals surface area contributed by atoms with Gasteiger partial charge in [0.15, 0.2) is 0 Å². The first-order valence-electron chi connectivity index (χ1n) is 12.5. The smallest absolute Gasteiger partial charge is 0.305 e. The molecule has 5 nitrogen and oxygen atoms in total. The van der Waals surface area contributed by atoms with Crippen LogP contribution in [0.2, 0.25) is 0 Å². The van der Waals surface area contributed by atoms with Gasteiger partial charge in [0.1, 0.15) is 11.9 Å². The number of ether oxygens (including phenoxy) is 1. The van der Waals surface area contributed by atoms with Gasteiger partial charge >= 0.3 is 5.97 Å². The number of hydrogen-bond donors (Lipinski definition) is 2. The summed E-state index contributed by atoms with van der Waals surface area (Å²) in [6.45, 7) is 8.28. The Morgan fingerprint density at radius 2 is 1.47 bits per heavy atom. The average Bonchev–Trinajstić information content (AvgIpc) is 2.88. The van der Waals surface area contributed by atoms with Crippen molar-refractivity contribution in [2.75, 3.05) is 6.54 Å². The number of allylic oxidation sites excluding steroid dienone is 1. The van der Waals surface area contributed by atoms with Crippen molar-refractivity contribution in [1.82, 2.24) is 5.32 Å². The Morgan fingerprint density at radius 1 is 0.889 bits per heavy atom. The molecule has 0 bridgehead atoms. The lowest BCUT2D eigenvalue weighted by atomic mass is 10.0. The van der Waals surface area contributed by atoms with E-state index in [4.69, 9.17) is 9.84 Å². The quantitative estimate of drug-likeness (QED) is 0.249. The fourth-order valence-electron chi connectivity index (χ4n) is 3.94. The molecule has 3 aromatic carbocycles. The number of unbranched alkanes of at least 4 members (excludes halogenated alkanes) is 2. The number of carboxylic acids is 1. The maximum atomic E-state index is 12.3. The van der Waals surface area contributed by atoms with Crippen molar-refractivity contribution in [3.8, 4) is 16.9 Å². The lowest BCUT2D eigenvalue weighted by Gasteiger charge is -2.20. The third kappa shape index (κ3) is 7.84. The van der Waals surface area contributed by atoms with Crippen LogP contribution in [0.25, 0.3) is 16.7 Å². The Hall–Kier alpha value is -3.86. The second kappa shape index (κ2) is 13.3. The van der Waals surface area contributed by atoms with Crippen LogP contribution in [0.3, 0.4) is 0 Å². The second-order valence-electron chi connectivity index (χ2n) is 9.01. The number of carboxylic acid groups (broad SMARTS) is 1. The van der Waals surface area contributed by atoms with E-state index >= 15 is 0 Å². The van der Waals surface area contributed by atoms with Crippen LogP contribution in [0.15, 0.2) is 79.4 Å². The van der Waals surface area contributed by atoms with Crippen LogP contribution >= 0.6 is 0 Å². The molecule has 1 unspecified atom stereocenters. The van der Waals surface area contributed by atoms with Crippen molar-refractivity contribution in [3.05, 3.63) is 96.1 Å². The number of rotatable bonds is 13. The van der Waals surface area contributed by atoms with Gasteiger partial charge in [-0.05, 0) is 66.3 Å². The molecule has 1 amide bonds. The zero-order chi connectivity index (χ0) is 25.9. The molecule has 0 aliphatic rings. The second-order valence-corrected chi connectivity index (χ2v) is 9.01. The van der Waals surface area contributed by atoms with E-state index in [2.05, 4.69) is 55.2 Å². The van der Waals surface area contributed by atoms with Crippen molar-refractivity contribution < 1.29 is 19.4 Å². The fourth-order valence-corrected chi connectivity index (χ4v) is 3.94. The van der Waals surface area contributed by atoms with E-state index in [1.165, 1.54) is 0 Å². The van der Waals surface area contributed by atoms with Crippen LogP contribution in [-0.4, -0.2) is 23.5 Å². The highest BCUT2D eigenvalue weighted by atomic mass is 16.5. The fraction of sp³-hybridized carbons (Fsp3) is 0.290. The number of amides is 1. The maximum Gasteiger partial charge on any atom is 0.305 e. The molecule has 0 spiro atoms. The maximum absolute atomic E-state index is 12.3. The standard InChI is InChI=1S/C31H35NO4/c1-4-5-6-7-29(26-12-14-27(15-13-26)31(35)32-21-20-30(33)34)36-28-18-16-25(17-19-28)24-10-8-23(9-11-24)22(2)3/h8-19,29H,2,4-7,20-21H2,1,3H3,(H,32,35)(H,33,34). The molecule has 0 fully saturated rings. The van der Waals surface area contributed by atoms with Crippen molar-refractivity contribution in [1.29, 1.82) is 0 Å². The minimum atomic E-state index is -0.938. The number of aliphatic carboxylic acids is 1. The van der Waals surface area contributed by atoms with Crippen molar-refractivity contribution in [3.63, 3.8) is 0 Å². The van der Waals surface area contributed by atoms with Crippen LogP contribution in [-0.2, 0) is 4.79 Å². The first kappa shape index (κ1) is 26.7. The lowest BCUT2D eigenvalue weighted by Crippen LogP contribution is -2.26. The van der Waals surface area contributed by atoms with Crippen molar-refractivity contribution in [2.24, 2.45) is 0 Å². The molecular formula is C31H35NO4. The summed E-state index contributed by atoms with van der Waals surface area (Å²) in [5.74, 6) is -0.418. The molecule has 188 valence electrons. The topological polar surface area (TPSA) is 75.6 Å². The van der Waals surface area contributed by atoms with Gasteiger partial charge in [-0.15, -0.1) is 0 Å². The molecular weight excluding hydrogens is 450 g/mol. The van der Waals surface area contributed by atoms with Crippen molar-refractivity contribution in [2.45, 2.75) is 52.1 Å². The van der Waals surface area contributed by atoms with E-state index in [1.807, 2.05) is 31.2 Å². The Bertz CT molecular complexity index is 1150. The van der Waals surface area contributed by atoms with E-state index in [-0.39, 0.29) is 25.0 Å². The third-order valence-electron chi connectivity index (χ3n) is 6.08. The SMILES string of the molecule is C=C(C)c1ccc(-c2ccc(OC(CCCCC)c3ccc(C(=O)NCCC(=O)O)cc3)cc2)cc1. The Morgan fingerprint density at radius 3 is 2.03 bits per heavy atom. The van der Waals surface area contributed by atoms with Gasteiger partial charge in [-0.3, -0.25) is 9.59 Å². The molecule has 1 atom stereocenters.